The van der Waals surface area contributed by atoms with E-state index in [4.69, 9.17) is 17.3 Å². The van der Waals surface area contributed by atoms with E-state index in [1.165, 1.54) is 11.3 Å². The highest BCUT2D eigenvalue weighted by atomic mass is 32.1. The Morgan fingerprint density at radius 2 is 2.11 bits per heavy atom. The molecule has 2 heterocycles. The van der Waals surface area contributed by atoms with Crippen LogP contribution in [0.4, 0.5) is 5.69 Å². The van der Waals surface area contributed by atoms with Gasteiger partial charge in [0.1, 0.15) is 6.54 Å². The summed E-state index contributed by atoms with van der Waals surface area (Å²) in [6, 6.07) is 7.75. The summed E-state index contributed by atoms with van der Waals surface area (Å²) in [5.41, 5.74) is 2.79. The third-order valence-corrected chi connectivity index (χ3v) is 5.35. The first-order valence-corrected chi connectivity index (χ1v) is 9.44. The Morgan fingerprint density at radius 1 is 1.33 bits per heavy atom. The Bertz CT molecular complexity index is 1000. The van der Waals surface area contributed by atoms with E-state index in [2.05, 4.69) is 10.3 Å². The molecule has 0 aliphatic carbocycles. The molecule has 7 nitrogen and oxygen atoms in total. The largest absolute Gasteiger partial charge is 0.493 e. The quantitative estimate of drug-likeness (QED) is 0.616. The summed E-state index contributed by atoms with van der Waals surface area (Å²) in [7, 11) is 0. The van der Waals surface area contributed by atoms with E-state index < -0.39 is 12.5 Å². The lowest BCUT2D eigenvalue weighted by Gasteiger charge is -2.05. The van der Waals surface area contributed by atoms with Gasteiger partial charge in [0.05, 0.1) is 10.6 Å². The molecule has 3 N–H and O–H groups in total. The van der Waals surface area contributed by atoms with Gasteiger partial charge in [-0.05, 0) is 30.8 Å². The molecule has 27 heavy (non-hydrogen) atoms. The molecule has 1 aromatic carbocycles. The Balaban J connectivity index is 1.68. The predicted molar refractivity (Wildman–Crippen MR) is 107 cm³/mol. The topological polar surface area (TPSA) is 104 Å². The third kappa shape index (κ3) is 4.50. The zero-order chi connectivity index (χ0) is 19.4. The number of carboxylic acid groups (broad SMARTS) is 1. The van der Waals surface area contributed by atoms with Gasteiger partial charge in [-0.2, -0.15) is 0 Å². The van der Waals surface area contributed by atoms with Gasteiger partial charge in [-0.15, -0.1) is 11.3 Å². The lowest BCUT2D eigenvalue weighted by atomic mass is 10.1. The standard InChI is InChI=1S/C18H17N3O4S2/c22-15(20-10-16(23)24)6-3-7-21-17(25)14(27-18(21)26)8-11-9-19-13-5-2-1-4-12(11)13/h1-2,4-5,8-9,25H,3,6-7,10H2,(H,20,22)(H,23,24)/b11-8-. The number of thiazole rings is 1. The van der Waals surface area contributed by atoms with Crippen LogP contribution in [0.25, 0.3) is 11.6 Å². The minimum Gasteiger partial charge on any atom is -0.493 e. The second-order valence-electron chi connectivity index (χ2n) is 5.86. The molecule has 2 aromatic rings. The van der Waals surface area contributed by atoms with E-state index in [1.54, 1.807) is 10.8 Å². The lowest BCUT2D eigenvalue weighted by Crippen LogP contribution is -2.29. The number of nitrogens with zero attached hydrogens (tertiary/aromatic N) is 2. The van der Waals surface area contributed by atoms with Crippen LogP contribution in [0.15, 0.2) is 29.3 Å². The van der Waals surface area contributed by atoms with Crippen molar-refractivity contribution >= 4 is 59.0 Å². The number of hydrogen-bond donors (Lipinski definition) is 3. The second kappa shape index (κ2) is 8.28. The third-order valence-electron chi connectivity index (χ3n) is 3.96. The number of fused-ring (bicyclic) bond motifs is 1. The smallest absolute Gasteiger partial charge is 0.322 e. The van der Waals surface area contributed by atoms with Crippen LogP contribution in [-0.2, 0) is 16.1 Å². The van der Waals surface area contributed by atoms with Crippen molar-refractivity contribution in [3.8, 4) is 5.88 Å². The summed E-state index contributed by atoms with van der Waals surface area (Å²) in [6.07, 6.45) is 4.19. The van der Waals surface area contributed by atoms with Crippen molar-refractivity contribution in [1.29, 1.82) is 0 Å². The molecular weight excluding hydrogens is 386 g/mol. The molecular formula is C18H17N3O4S2. The number of carbonyl (C=O) groups excluding carboxylic acids is 1. The van der Waals surface area contributed by atoms with Crippen molar-refractivity contribution in [2.24, 2.45) is 4.99 Å². The molecule has 1 aromatic heterocycles. The van der Waals surface area contributed by atoms with Gasteiger partial charge in [0.2, 0.25) is 11.8 Å². The number of allylic oxidation sites excluding steroid dienone is 1. The van der Waals surface area contributed by atoms with Gasteiger partial charge in [0, 0.05) is 30.3 Å². The average molecular weight is 403 g/mol. The highest BCUT2D eigenvalue weighted by molar-refractivity contribution is 7.73. The van der Waals surface area contributed by atoms with Crippen molar-refractivity contribution < 1.29 is 19.8 Å². The van der Waals surface area contributed by atoms with Crippen LogP contribution in [0.5, 0.6) is 5.88 Å². The SMILES string of the molecule is O=C(O)CNC(=O)CCCn1c(O)c(/C=C2/C=Nc3ccccc32)sc1=S. The number of hydrogen-bond acceptors (Lipinski definition) is 6. The number of benzene rings is 1. The molecule has 0 fully saturated rings. The molecule has 1 aliphatic rings. The summed E-state index contributed by atoms with van der Waals surface area (Å²) in [5, 5.41) is 21.3. The van der Waals surface area contributed by atoms with Crippen molar-refractivity contribution in [2.45, 2.75) is 19.4 Å². The van der Waals surface area contributed by atoms with Gasteiger partial charge in [0.15, 0.2) is 3.95 Å². The predicted octanol–water partition coefficient (Wildman–Crippen LogP) is 3.22. The lowest BCUT2D eigenvalue weighted by molar-refractivity contribution is -0.137. The Kier molecular flexibility index (Phi) is 5.82. The summed E-state index contributed by atoms with van der Waals surface area (Å²) < 4.78 is 2.09. The highest BCUT2D eigenvalue weighted by Crippen LogP contribution is 2.35. The molecule has 9 heteroatoms. The molecule has 0 bridgehead atoms. The number of aliphatic carboxylic acids is 1. The molecule has 0 saturated heterocycles. The molecule has 0 radical (unpaired) electrons. The highest BCUT2D eigenvalue weighted by Gasteiger charge is 2.15. The summed E-state index contributed by atoms with van der Waals surface area (Å²) >= 11 is 6.61. The van der Waals surface area contributed by atoms with Crippen LogP contribution < -0.4 is 5.32 Å². The fourth-order valence-corrected chi connectivity index (χ4v) is 3.97. The second-order valence-corrected chi connectivity index (χ2v) is 7.53. The van der Waals surface area contributed by atoms with Crippen LogP contribution in [-0.4, -0.2) is 39.4 Å². The molecule has 0 saturated carbocycles. The summed E-state index contributed by atoms with van der Waals surface area (Å²) in [4.78, 5) is 27.0. The van der Waals surface area contributed by atoms with Gasteiger partial charge in [-0.3, -0.25) is 19.1 Å². The van der Waals surface area contributed by atoms with E-state index in [-0.39, 0.29) is 18.2 Å². The van der Waals surface area contributed by atoms with Crippen LogP contribution in [0.2, 0.25) is 0 Å². The molecule has 140 valence electrons. The number of para-hydroxylation sites is 1. The first-order valence-electron chi connectivity index (χ1n) is 8.22. The van der Waals surface area contributed by atoms with Gasteiger partial charge in [-0.25, -0.2) is 0 Å². The van der Waals surface area contributed by atoms with E-state index in [0.717, 1.165) is 16.8 Å². The van der Waals surface area contributed by atoms with E-state index in [0.29, 0.717) is 21.8 Å². The van der Waals surface area contributed by atoms with Crippen molar-refractivity contribution in [3.05, 3.63) is 38.7 Å². The molecule has 3 rings (SSSR count). The Labute approximate surface area is 164 Å². The monoisotopic (exact) mass is 403 g/mol. The minimum absolute atomic E-state index is 0.0567. The maximum Gasteiger partial charge on any atom is 0.322 e. The Hall–Kier alpha value is -2.78. The number of carboxylic acids is 1. The van der Waals surface area contributed by atoms with E-state index in [9.17, 15) is 14.7 Å². The van der Waals surface area contributed by atoms with Crippen molar-refractivity contribution in [3.63, 3.8) is 0 Å². The molecule has 1 amide bonds. The van der Waals surface area contributed by atoms with Gasteiger partial charge in [-0.1, -0.05) is 18.2 Å². The maximum atomic E-state index is 11.6. The van der Waals surface area contributed by atoms with Crippen molar-refractivity contribution in [2.75, 3.05) is 6.54 Å². The van der Waals surface area contributed by atoms with E-state index >= 15 is 0 Å². The van der Waals surface area contributed by atoms with Gasteiger partial charge in [0.25, 0.3) is 0 Å². The fraction of sp³-hybridized carbons (Fsp3) is 0.222. The molecule has 0 spiro atoms. The van der Waals surface area contributed by atoms with Crippen LogP contribution in [0.1, 0.15) is 23.3 Å². The van der Waals surface area contributed by atoms with Gasteiger partial charge >= 0.3 is 5.97 Å². The maximum absolute atomic E-state index is 11.6. The summed E-state index contributed by atoms with van der Waals surface area (Å²) in [5.74, 6) is -1.38. The molecule has 0 atom stereocenters. The number of aromatic nitrogens is 1. The van der Waals surface area contributed by atoms with Crippen LogP contribution in [0, 0.1) is 3.95 Å². The molecule has 1 aliphatic heterocycles. The zero-order valence-electron chi connectivity index (χ0n) is 14.2. The number of nitrogens with one attached hydrogen (secondary N) is 1. The number of carbonyl (C=O) groups is 2. The van der Waals surface area contributed by atoms with Crippen molar-refractivity contribution in [1.82, 2.24) is 9.88 Å². The first kappa shape index (κ1) is 19.0. The van der Waals surface area contributed by atoms with Crippen LogP contribution >= 0.6 is 23.6 Å². The first-order chi connectivity index (χ1) is 13.0. The summed E-state index contributed by atoms with van der Waals surface area (Å²) in [6.45, 7) is -0.0295. The Morgan fingerprint density at radius 3 is 2.89 bits per heavy atom. The minimum atomic E-state index is -1.09. The average Bonchev–Trinajstić information content (AvgIpc) is 3.16. The van der Waals surface area contributed by atoms with E-state index in [1.807, 2.05) is 30.3 Å². The fourth-order valence-electron chi connectivity index (χ4n) is 2.66. The van der Waals surface area contributed by atoms with Crippen LogP contribution in [0.3, 0.4) is 0 Å². The number of aliphatic imine (C=N–C) groups is 1. The van der Waals surface area contributed by atoms with Gasteiger partial charge < -0.3 is 15.5 Å². The number of aromatic hydroxyl groups is 1. The number of rotatable bonds is 7. The normalized spacial score (nSPS) is 13.7. The molecule has 0 unspecified atom stereocenters. The number of amides is 1. The zero-order valence-corrected chi connectivity index (χ0v) is 15.8.